The van der Waals surface area contributed by atoms with E-state index in [1.807, 2.05) is 34.1 Å². The molecule has 6 heteroatoms. The van der Waals surface area contributed by atoms with E-state index in [2.05, 4.69) is 28.0 Å². The number of carbonyl (C=O) groups is 1. The normalized spacial score (nSPS) is 20.3. The number of aromatic nitrogens is 3. The van der Waals surface area contributed by atoms with Crippen LogP contribution in [0.5, 0.6) is 0 Å². The summed E-state index contributed by atoms with van der Waals surface area (Å²) in [6.07, 6.45) is 8.29. The highest BCUT2D eigenvalue weighted by Crippen LogP contribution is 2.33. The Morgan fingerprint density at radius 1 is 1.16 bits per heavy atom. The molecule has 6 nitrogen and oxygen atoms in total. The third-order valence-corrected chi connectivity index (χ3v) is 5.66. The summed E-state index contributed by atoms with van der Waals surface area (Å²) in [5.74, 6) is 0.246. The molecule has 0 aromatic carbocycles. The molecule has 2 aliphatic rings. The van der Waals surface area contributed by atoms with Gasteiger partial charge in [0.1, 0.15) is 5.54 Å². The fraction of sp³-hybridized carbons (Fsp3) is 0.526. The first-order valence-corrected chi connectivity index (χ1v) is 9.11. The highest BCUT2D eigenvalue weighted by Gasteiger charge is 2.46. The summed E-state index contributed by atoms with van der Waals surface area (Å²) in [7, 11) is 0. The monoisotopic (exact) mass is 339 g/mol. The Morgan fingerprint density at radius 3 is 2.56 bits per heavy atom. The van der Waals surface area contributed by atoms with Gasteiger partial charge in [0.05, 0.1) is 5.69 Å². The Hall–Kier alpha value is -2.21. The maximum absolute atomic E-state index is 13.2. The summed E-state index contributed by atoms with van der Waals surface area (Å²) in [5, 5.41) is 4.44. The lowest BCUT2D eigenvalue weighted by Crippen LogP contribution is -2.59. The lowest BCUT2D eigenvalue weighted by molar-refractivity contribution is -0.148. The zero-order chi connectivity index (χ0) is 17.3. The third-order valence-electron chi connectivity index (χ3n) is 5.66. The van der Waals surface area contributed by atoms with E-state index in [0.717, 1.165) is 57.7 Å². The van der Waals surface area contributed by atoms with Crippen LogP contribution in [0.25, 0.3) is 0 Å². The standard InChI is InChI=1S/C19H25N5O/c1-16-5-2-8-20-17(16)15-22-13-6-19(7-14-22,24-12-3-9-21-24)18(25)23-10-4-11-23/h2-3,5,8-9,12H,4,6-7,10-11,13-15H2,1H3. The average molecular weight is 339 g/mol. The topological polar surface area (TPSA) is 54.3 Å². The Morgan fingerprint density at radius 2 is 1.96 bits per heavy atom. The van der Waals surface area contributed by atoms with Crippen LogP contribution in [-0.2, 0) is 16.9 Å². The van der Waals surface area contributed by atoms with Crippen LogP contribution in [-0.4, -0.2) is 56.7 Å². The van der Waals surface area contributed by atoms with E-state index >= 15 is 0 Å². The van der Waals surface area contributed by atoms with Gasteiger partial charge in [-0.1, -0.05) is 6.07 Å². The average Bonchev–Trinajstić information content (AvgIpc) is 3.11. The number of pyridine rings is 1. The van der Waals surface area contributed by atoms with Crippen molar-refractivity contribution < 1.29 is 4.79 Å². The molecule has 2 saturated heterocycles. The minimum Gasteiger partial charge on any atom is -0.340 e. The van der Waals surface area contributed by atoms with E-state index in [-0.39, 0.29) is 5.91 Å². The molecular weight excluding hydrogens is 314 g/mol. The van der Waals surface area contributed by atoms with Gasteiger partial charge in [0.2, 0.25) is 0 Å². The smallest absolute Gasteiger partial charge is 0.250 e. The molecule has 0 bridgehead atoms. The van der Waals surface area contributed by atoms with Gasteiger partial charge in [-0.25, -0.2) is 0 Å². The van der Waals surface area contributed by atoms with Crippen molar-refractivity contribution in [2.45, 2.75) is 38.3 Å². The second-order valence-electron chi connectivity index (χ2n) is 7.17. The lowest BCUT2D eigenvalue weighted by atomic mass is 9.85. The number of hydrogen-bond donors (Lipinski definition) is 0. The van der Waals surface area contributed by atoms with Crippen molar-refractivity contribution in [3.8, 4) is 0 Å². The summed E-state index contributed by atoms with van der Waals surface area (Å²) in [5.41, 5.74) is 1.84. The van der Waals surface area contributed by atoms with Crippen LogP contribution in [0.1, 0.15) is 30.5 Å². The van der Waals surface area contributed by atoms with E-state index in [9.17, 15) is 4.79 Å². The Kier molecular flexibility index (Phi) is 4.29. The molecule has 4 heterocycles. The molecule has 25 heavy (non-hydrogen) atoms. The summed E-state index contributed by atoms with van der Waals surface area (Å²) in [4.78, 5) is 22.1. The summed E-state index contributed by atoms with van der Waals surface area (Å²) in [6, 6.07) is 5.99. The Balaban J connectivity index is 1.50. The molecule has 2 aromatic rings. The van der Waals surface area contributed by atoms with E-state index < -0.39 is 5.54 Å². The molecule has 0 saturated carbocycles. The number of carbonyl (C=O) groups excluding carboxylic acids is 1. The molecule has 0 N–H and O–H groups in total. The van der Waals surface area contributed by atoms with Crippen molar-refractivity contribution >= 4 is 5.91 Å². The van der Waals surface area contributed by atoms with Gasteiger partial charge in [-0.3, -0.25) is 19.4 Å². The molecule has 0 aliphatic carbocycles. The number of nitrogens with zero attached hydrogens (tertiary/aromatic N) is 5. The largest absolute Gasteiger partial charge is 0.340 e. The van der Waals surface area contributed by atoms with Crippen molar-refractivity contribution in [1.82, 2.24) is 24.6 Å². The fourth-order valence-corrected chi connectivity index (χ4v) is 3.85. The van der Waals surface area contributed by atoms with Gasteiger partial charge in [0.25, 0.3) is 5.91 Å². The van der Waals surface area contributed by atoms with Crippen molar-refractivity contribution in [3.63, 3.8) is 0 Å². The van der Waals surface area contributed by atoms with Crippen molar-refractivity contribution in [3.05, 3.63) is 48.0 Å². The van der Waals surface area contributed by atoms with E-state index in [4.69, 9.17) is 0 Å². The minimum atomic E-state index is -0.514. The first-order valence-electron chi connectivity index (χ1n) is 9.11. The van der Waals surface area contributed by atoms with Crippen molar-refractivity contribution in [2.24, 2.45) is 0 Å². The molecular formula is C19H25N5O. The molecule has 4 rings (SSSR count). The number of likely N-dealkylation sites (tertiary alicyclic amines) is 2. The molecule has 2 fully saturated rings. The van der Waals surface area contributed by atoms with Crippen LogP contribution >= 0.6 is 0 Å². The second kappa shape index (κ2) is 6.59. The Bertz CT molecular complexity index is 730. The zero-order valence-electron chi connectivity index (χ0n) is 14.8. The van der Waals surface area contributed by atoms with Gasteiger partial charge in [-0.2, -0.15) is 5.10 Å². The number of hydrogen-bond acceptors (Lipinski definition) is 4. The van der Waals surface area contributed by atoms with Gasteiger partial charge >= 0.3 is 0 Å². The van der Waals surface area contributed by atoms with Gasteiger partial charge < -0.3 is 4.90 Å². The highest BCUT2D eigenvalue weighted by molar-refractivity contribution is 5.85. The zero-order valence-corrected chi connectivity index (χ0v) is 14.8. The predicted octanol–water partition coefficient (Wildman–Crippen LogP) is 1.81. The molecule has 0 spiro atoms. The van der Waals surface area contributed by atoms with E-state index in [1.165, 1.54) is 5.56 Å². The number of rotatable bonds is 4. The maximum Gasteiger partial charge on any atom is 0.250 e. The summed E-state index contributed by atoms with van der Waals surface area (Å²) in [6.45, 7) is 6.50. The Labute approximate surface area is 148 Å². The van der Waals surface area contributed by atoms with Crippen LogP contribution < -0.4 is 0 Å². The van der Waals surface area contributed by atoms with Gasteiger partial charge in [0.15, 0.2) is 0 Å². The summed E-state index contributed by atoms with van der Waals surface area (Å²) < 4.78 is 1.90. The predicted molar refractivity (Wildman–Crippen MR) is 94.9 cm³/mol. The fourth-order valence-electron chi connectivity index (χ4n) is 3.85. The van der Waals surface area contributed by atoms with Gasteiger partial charge in [0, 0.05) is 51.3 Å². The quantitative estimate of drug-likeness (QED) is 0.852. The first-order chi connectivity index (χ1) is 12.2. The van der Waals surface area contributed by atoms with Crippen LogP contribution in [0, 0.1) is 6.92 Å². The van der Waals surface area contributed by atoms with Gasteiger partial charge in [-0.15, -0.1) is 0 Å². The van der Waals surface area contributed by atoms with Crippen LogP contribution in [0.4, 0.5) is 0 Å². The van der Waals surface area contributed by atoms with Crippen LogP contribution in [0.15, 0.2) is 36.8 Å². The molecule has 1 amide bonds. The van der Waals surface area contributed by atoms with Crippen LogP contribution in [0.2, 0.25) is 0 Å². The maximum atomic E-state index is 13.2. The minimum absolute atomic E-state index is 0.246. The molecule has 0 atom stereocenters. The number of aryl methyl sites for hydroxylation is 1. The number of piperidine rings is 1. The molecule has 0 radical (unpaired) electrons. The molecule has 2 aromatic heterocycles. The molecule has 2 aliphatic heterocycles. The first kappa shape index (κ1) is 16.3. The van der Waals surface area contributed by atoms with E-state index in [1.54, 1.807) is 6.20 Å². The molecule has 132 valence electrons. The molecule has 0 unspecified atom stereocenters. The summed E-state index contributed by atoms with van der Waals surface area (Å²) >= 11 is 0. The second-order valence-corrected chi connectivity index (χ2v) is 7.17. The van der Waals surface area contributed by atoms with Crippen molar-refractivity contribution in [1.29, 1.82) is 0 Å². The van der Waals surface area contributed by atoms with Crippen LogP contribution in [0.3, 0.4) is 0 Å². The van der Waals surface area contributed by atoms with Gasteiger partial charge in [-0.05, 0) is 43.9 Å². The number of amides is 1. The highest BCUT2D eigenvalue weighted by atomic mass is 16.2. The van der Waals surface area contributed by atoms with Crippen molar-refractivity contribution in [2.75, 3.05) is 26.2 Å². The SMILES string of the molecule is Cc1cccnc1CN1CCC(C(=O)N2CCC2)(n2cccn2)CC1. The lowest BCUT2D eigenvalue weighted by Gasteiger charge is -2.45. The van der Waals surface area contributed by atoms with E-state index in [0.29, 0.717) is 0 Å². The third kappa shape index (κ3) is 2.95.